The molecule has 0 saturated carbocycles. The Balaban J connectivity index is 1.88. The van der Waals surface area contributed by atoms with Gasteiger partial charge in [0.15, 0.2) is 0 Å². The van der Waals surface area contributed by atoms with Gasteiger partial charge in [-0.3, -0.25) is 9.78 Å². The minimum Gasteiger partial charge on any atom is -0.481 e. The summed E-state index contributed by atoms with van der Waals surface area (Å²) in [5.41, 5.74) is 0.918. The van der Waals surface area contributed by atoms with E-state index in [1.165, 1.54) is 0 Å². The predicted molar refractivity (Wildman–Crippen MR) is 66.0 cm³/mol. The summed E-state index contributed by atoms with van der Waals surface area (Å²) >= 11 is 0. The minimum absolute atomic E-state index is 0.00931. The lowest BCUT2D eigenvalue weighted by molar-refractivity contribution is -0.139. The van der Waals surface area contributed by atoms with Gasteiger partial charge in [-0.1, -0.05) is 6.07 Å². The number of carbonyl (C=O) groups is 1. The van der Waals surface area contributed by atoms with Crippen molar-refractivity contribution in [2.75, 3.05) is 0 Å². The number of rotatable bonds is 4. The number of pyridine rings is 1. The van der Waals surface area contributed by atoms with Crippen LogP contribution in [0.5, 0.6) is 0 Å². The lowest BCUT2D eigenvalue weighted by atomic mass is 9.64. The Morgan fingerprint density at radius 3 is 2.94 bits per heavy atom. The van der Waals surface area contributed by atoms with Crippen LogP contribution in [0.15, 0.2) is 24.4 Å². The fourth-order valence-corrected chi connectivity index (χ4v) is 2.25. The Morgan fingerprint density at radius 1 is 1.50 bits per heavy atom. The molecule has 96 valence electrons. The van der Waals surface area contributed by atoms with Crippen molar-refractivity contribution in [3.63, 3.8) is 0 Å². The van der Waals surface area contributed by atoms with Gasteiger partial charge in [-0.2, -0.15) is 0 Å². The average Bonchev–Trinajstić information content (AvgIpc) is 2.33. The van der Waals surface area contributed by atoms with Gasteiger partial charge in [-0.15, -0.1) is 0 Å². The van der Waals surface area contributed by atoms with Gasteiger partial charge in [0.2, 0.25) is 0 Å². The monoisotopic (exact) mass is 249 g/mol. The third-order valence-electron chi connectivity index (χ3n) is 3.19. The van der Waals surface area contributed by atoms with Crippen LogP contribution in [0.4, 0.5) is 0 Å². The predicted octanol–water partition coefficient (Wildman–Crippen LogP) is 1.13. The van der Waals surface area contributed by atoms with E-state index in [0.717, 1.165) is 12.1 Å². The molecule has 1 aliphatic rings. The van der Waals surface area contributed by atoms with Gasteiger partial charge < -0.3 is 14.8 Å². The van der Waals surface area contributed by atoms with Crippen LogP contribution in [-0.2, 0) is 15.9 Å². The molecule has 2 atom stereocenters. The highest BCUT2D eigenvalue weighted by Crippen LogP contribution is 2.30. The maximum atomic E-state index is 10.6. The molecule has 2 heterocycles. The zero-order valence-corrected chi connectivity index (χ0v) is 10.0. The number of aromatic nitrogens is 1. The van der Waals surface area contributed by atoms with E-state index >= 15 is 0 Å². The fourth-order valence-electron chi connectivity index (χ4n) is 2.25. The van der Waals surface area contributed by atoms with Crippen LogP contribution in [0.3, 0.4) is 0 Å². The molecule has 0 unspecified atom stereocenters. The maximum Gasteiger partial charge on any atom is 0.458 e. The van der Waals surface area contributed by atoms with Crippen molar-refractivity contribution in [3.05, 3.63) is 30.1 Å². The molecule has 1 fully saturated rings. The summed E-state index contributed by atoms with van der Waals surface area (Å²) in [6.07, 6.45) is 3.38. The number of aliphatic carboxylic acids is 1. The van der Waals surface area contributed by atoms with Crippen molar-refractivity contribution < 1.29 is 19.6 Å². The highest BCUT2D eigenvalue weighted by atomic mass is 16.5. The molecule has 0 aliphatic carbocycles. The Morgan fingerprint density at radius 2 is 2.33 bits per heavy atom. The van der Waals surface area contributed by atoms with Crippen molar-refractivity contribution in [2.45, 2.75) is 37.6 Å². The van der Waals surface area contributed by atoms with Crippen LogP contribution in [-0.4, -0.2) is 34.3 Å². The van der Waals surface area contributed by atoms with E-state index in [1.54, 1.807) is 6.20 Å². The number of nitrogens with zero attached hydrogens (tertiary/aromatic N) is 1. The molecule has 1 aliphatic heterocycles. The fraction of sp³-hybridized carbons (Fsp3) is 0.500. The summed E-state index contributed by atoms with van der Waals surface area (Å²) in [4.78, 5) is 14.8. The van der Waals surface area contributed by atoms with Gasteiger partial charge in [0, 0.05) is 11.9 Å². The van der Waals surface area contributed by atoms with Crippen molar-refractivity contribution in [1.82, 2.24) is 4.98 Å². The van der Waals surface area contributed by atoms with Gasteiger partial charge in [-0.25, -0.2) is 0 Å². The number of carboxylic acid groups (broad SMARTS) is 1. The summed E-state index contributed by atoms with van der Waals surface area (Å²) in [7, 11) is -0.898. The molecule has 2 rings (SSSR count). The Hall–Kier alpha value is -1.40. The Bertz CT molecular complexity index is 400. The SMILES string of the molecule is O=C(O)C[C@@H]1CC[C@H](Cc2ccccn2)B(O)O1. The van der Waals surface area contributed by atoms with Crippen LogP contribution < -0.4 is 0 Å². The summed E-state index contributed by atoms with van der Waals surface area (Å²) in [6, 6.07) is 5.67. The van der Waals surface area contributed by atoms with E-state index in [0.29, 0.717) is 12.8 Å². The number of hydrogen-bond donors (Lipinski definition) is 2. The lowest BCUT2D eigenvalue weighted by Crippen LogP contribution is -2.38. The van der Waals surface area contributed by atoms with Crippen LogP contribution in [0.25, 0.3) is 0 Å². The molecule has 18 heavy (non-hydrogen) atoms. The van der Waals surface area contributed by atoms with E-state index in [9.17, 15) is 9.82 Å². The van der Waals surface area contributed by atoms with Crippen molar-refractivity contribution in [3.8, 4) is 0 Å². The van der Waals surface area contributed by atoms with Crippen molar-refractivity contribution in [2.24, 2.45) is 0 Å². The van der Waals surface area contributed by atoms with Gasteiger partial charge >= 0.3 is 13.1 Å². The molecule has 5 nitrogen and oxygen atoms in total. The first-order chi connectivity index (χ1) is 8.65. The van der Waals surface area contributed by atoms with Crippen LogP contribution in [0.2, 0.25) is 5.82 Å². The second kappa shape index (κ2) is 5.97. The van der Waals surface area contributed by atoms with E-state index in [-0.39, 0.29) is 18.3 Å². The topological polar surface area (TPSA) is 79.7 Å². The molecule has 0 amide bonds. The quantitative estimate of drug-likeness (QED) is 0.782. The third kappa shape index (κ3) is 3.55. The maximum absolute atomic E-state index is 10.6. The molecule has 2 N–H and O–H groups in total. The van der Waals surface area contributed by atoms with Gasteiger partial charge in [0.1, 0.15) is 0 Å². The van der Waals surface area contributed by atoms with E-state index < -0.39 is 13.1 Å². The second-order valence-corrected chi connectivity index (χ2v) is 4.61. The average molecular weight is 249 g/mol. The summed E-state index contributed by atoms with van der Waals surface area (Å²) in [5, 5.41) is 18.6. The first-order valence-electron chi connectivity index (χ1n) is 6.10. The normalized spacial score (nSPS) is 23.9. The zero-order valence-electron chi connectivity index (χ0n) is 10.0. The summed E-state index contributed by atoms with van der Waals surface area (Å²) < 4.78 is 5.33. The summed E-state index contributed by atoms with van der Waals surface area (Å²) in [6.45, 7) is 0. The van der Waals surface area contributed by atoms with E-state index in [1.807, 2.05) is 18.2 Å². The highest BCUT2D eigenvalue weighted by Gasteiger charge is 2.35. The molecule has 0 spiro atoms. The highest BCUT2D eigenvalue weighted by molar-refractivity contribution is 6.45. The molecular formula is C12H16BNO4. The first-order valence-corrected chi connectivity index (χ1v) is 6.10. The molecule has 1 aromatic rings. The van der Waals surface area contributed by atoms with Crippen molar-refractivity contribution in [1.29, 1.82) is 0 Å². The molecular weight excluding hydrogens is 233 g/mol. The molecule has 1 aromatic heterocycles. The number of hydrogen-bond acceptors (Lipinski definition) is 4. The molecule has 6 heteroatoms. The number of carboxylic acids is 1. The van der Waals surface area contributed by atoms with Crippen LogP contribution >= 0.6 is 0 Å². The standard InChI is InChI=1S/C12H16BNO4/c15-12(16)8-11-5-4-9(13(17)18-11)7-10-3-1-2-6-14-10/h1-3,6,9,11,17H,4-5,7-8H2,(H,15,16)/t9-,11+/m1/s1. The lowest BCUT2D eigenvalue weighted by Gasteiger charge is -2.30. The smallest absolute Gasteiger partial charge is 0.458 e. The van der Waals surface area contributed by atoms with Gasteiger partial charge in [0.25, 0.3) is 0 Å². The van der Waals surface area contributed by atoms with Gasteiger partial charge in [-0.05, 0) is 37.2 Å². The largest absolute Gasteiger partial charge is 0.481 e. The molecule has 0 bridgehead atoms. The first kappa shape index (κ1) is 13.0. The van der Waals surface area contributed by atoms with Crippen LogP contribution in [0, 0.1) is 0 Å². The Labute approximate surface area is 106 Å². The van der Waals surface area contributed by atoms with Crippen molar-refractivity contribution >= 4 is 13.1 Å². The molecule has 0 radical (unpaired) electrons. The molecule has 1 saturated heterocycles. The van der Waals surface area contributed by atoms with Crippen LogP contribution in [0.1, 0.15) is 25.0 Å². The minimum atomic E-state index is -0.898. The molecule has 0 aromatic carbocycles. The second-order valence-electron chi connectivity index (χ2n) is 4.61. The van der Waals surface area contributed by atoms with Gasteiger partial charge in [0.05, 0.1) is 12.5 Å². The Kier molecular flexibility index (Phi) is 4.33. The van der Waals surface area contributed by atoms with E-state index in [2.05, 4.69) is 4.98 Å². The van der Waals surface area contributed by atoms with E-state index in [4.69, 9.17) is 9.76 Å². The third-order valence-corrected chi connectivity index (χ3v) is 3.19. The zero-order chi connectivity index (χ0) is 13.0. The summed E-state index contributed by atoms with van der Waals surface area (Å²) in [5.74, 6) is -0.902.